The lowest BCUT2D eigenvalue weighted by Crippen LogP contribution is -2.58. The number of hydrogen-bond donors (Lipinski definition) is 2. The normalized spacial score (nSPS) is 20.2. The van der Waals surface area contributed by atoms with Gasteiger partial charge in [-0.3, -0.25) is 15.1 Å². The van der Waals surface area contributed by atoms with Crippen molar-refractivity contribution in [2.24, 2.45) is 0 Å². The zero-order valence-electron chi connectivity index (χ0n) is 15.4. The monoisotopic (exact) mass is 395 g/mol. The third-order valence-electron chi connectivity index (χ3n) is 5.25. The fourth-order valence-corrected chi connectivity index (χ4v) is 4.82. The van der Waals surface area contributed by atoms with Crippen molar-refractivity contribution in [3.05, 3.63) is 52.4 Å². The number of hydrogen-bond acceptors (Lipinski definition) is 3. The molecule has 1 aliphatic rings. The Morgan fingerprint density at radius 3 is 2.81 bits per heavy atom. The average Bonchev–Trinajstić information content (AvgIpc) is 3.00. The summed E-state index contributed by atoms with van der Waals surface area (Å²) in [6, 6.07) is 12.1. The Bertz CT molecular complexity index is 1080. The molecule has 0 spiro atoms. The van der Waals surface area contributed by atoms with Gasteiger partial charge < -0.3 is 5.32 Å². The number of nitrogens with zero attached hydrogens (tertiary/aromatic N) is 1. The minimum absolute atomic E-state index is 0.0623. The van der Waals surface area contributed by atoms with Crippen LogP contribution in [0.4, 0.5) is 0 Å². The molecular weight excluding hydrogens is 377 g/mol. The second-order valence-electron chi connectivity index (χ2n) is 7.26. The molecule has 2 N–H and O–H groups in total. The summed E-state index contributed by atoms with van der Waals surface area (Å²) in [4.78, 5) is 13.8. The molecule has 3 aromatic rings. The van der Waals surface area contributed by atoms with E-state index in [4.69, 9.17) is 17.0 Å². The molecule has 0 saturated carbocycles. The van der Waals surface area contributed by atoms with E-state index in [0.717, 1.165) is 16.7 Å². The number of guanidine groups is 1. The molecule has 1 fully saturated rings. The van der Waals surface area contributed by atoms with Crippen LogP contribution in [0.5, 0.6) is 0 Å². The van der Waals surface area contributed by atoms with E-state index in [1.807, 2.05) is 25.1 Å². The Balaban J connectivity index is 1.93. The first kappa shape index (κ1) is 18.1. The molecular formula is C20H19BClN3OS. The summed E-state index contributed by atoms with van der Waals surface area (Å²) in [6.45, 7) is 1.98. The van der Waals surface area contributed by atoms with Gasteiger partial charge >= 0.3 is 0 Å². The van der Waals surface area contributed by atoms with E-state index >= 15 is 0 Å². The van der Waals surface area contributed by atoms with E-state index < -0.39 is 5.54 Å². The summed E-state index contributed by atoms with van der Waals surface area (Å²) in [5.41, 5.74) is 3.73. The van der Waals surface area contributed by atoms with E-state index in [-0.39, 0.29) is 11.9 Å². The summed E-state index contributed by atoms with van der Waals surface area (Å²) in [5.74, 6) is 0.0629. The van der Waals surface area contributed by atoms with Gasteiger partial charge in [-0.15, -0.1) is 11.3 Å². The second kappa shape index (κ2) is 6.39. The van der Waals surface area contributed by atoms with Crippen molar-refractivity contribution in [2.75, 3.05) is 7.05 Å². The quantitative estimate of drug-likeness (QED) is 0.655. The molecule has 0 aliphatic carbocycles. The molecule has 0 unspecified atom stereocenters. The Labute approximate surface area is 168 Å². The van der Waals surface area contributed by atoms with E-state index in [0.29, 0.717) is 11.4 Å². The molecule has 1 aliphatic heterocycles. The Hall–Kier alpha value is -2.31. The first-order valence-electron chi connectivity index (χ1n) is 8.70. The maximum Gasteiger partial charge on any atom is 0.231 e. The van der Waals surface area contributed by atoms with Crippen LogP contribution < -0.4 is 10.8 Å². The topological polar surface area (TPSA) is 56.2 Å². The number of carbonyl (C=O) groups is 1. The summed E-state index contributed by atoms with van der Waals surface area (Å²) in [6.07, 6.45) is 0.301. The number of nitrogens with one attached hydrogen (secondary N) is 2. The maximum atomic E-state index is 12.4. The van der Waals surface area contributed by atoms with Crippen molar-refractivity contribution in [3.8, 4) is 11.1 Å². The molecule has 1 atom stereocenters. The van der Waals surface area contributed by atoms with Gasteiger partial charge in [0.15, 0.2) is 5.96 Å². The van der Waals surface area contributed by atoms with Gasteiger partial charge in [0.05, 0.1) is 12.0 Å². The van der Waals surface area contributed by atoms with Crippen LogP contribution in [-0.2, 0) is 10.3 Å². The van der Waals surface area contributed by atoms with Gasteiger partial charge in [0.2, 0.25) is 5.91 Å². The maximum absolute atomic E-state index is 12.4. The van der Waals surface area contributed by atoms with Crippen LogP contribution in [0.25, 0.3) is 21.2 Å². The molecule has 1 saturated heterocycles. The van der Waals surface area contributed by atoms with Gasteiger partial charge in [0.1, 0.15) is 7.85 Å². The van der Waals surface area contributed by atoms with Gasteiger partial charge in [0.25, 0.3) is 0 Å². The fourth-order valence-electron chi connectivity index (χ4n) is 3.56. The SMILES string of the molecule is Bc1csc2c(-c3cccc(Cl)c3)cc([C@]3(C)CC(=O)N(C)C(=N)N3)cc12. The number of carbonyl (C=O) groups excluding carboxylic acids is 1. The number of benzene rings is 2. The molecule has 27 heavy (non-hydrogen) atoms. The van der Waals surface area contributed by atoms with E-state index in [2.05, 4.69) is 36.7 Å². The van der Waals surface area contributed by atoms with Crippen LogP contribution in [0, 0.1) is 5.41 Å². The van der Waals surface area contributed by atoms with Crippen LogP contribution in [0.1, 0.15) is 18.9 Å². The van der Waals surface area contributed by atoms with Gasteiger partial charge in [-0.1, -0.05) is 29.2 Å². The zero-order chi connectivity index (χ0) is 19.3. The molecule has 4 rings (SSSR count). The van der Waals surface area contributed by atoms with Crippen molar-refractivity contribution in [1.29, 1.82) is 5.41 Å². The highest BCUT2D eigenvalue weighted by atomic mass is 35.5. The standard InChI is InChI=1S/C20H19BClN3OS/c1-20(9-17(26)25(2)19(23)24-20)12-7-14(11-4-3-5-13(22)6-11)18-15(8-12)16(21)10-27-18/h3-8,10H,9,21H2,1-2H3,(H2,23,24)/t20-/m0/s1. The Morgan fingerprint density at radius 2 is 2.11 bits per heavy atom. The number of thiophene rings is 1. The van der Waals surface area contributed by atoms with Crippen LogP contribution >= 0.6 is 22.9 Å². The highest BCUT2D eigenvalue weighted by Gasteiger charge is 2.38. The van der Waals surface area contributed by atoms with Crippen molar-refractivity contribution >= 4 is 58.2 Å². The number of halogens is 1. The zero-order valence-corrected chi connectivity index (χ0v) is 17.0. The summed E-state index contributed by atoms with van der Waals surface area (Å²) < 4.78 is 1.21. The number of amides is 1. The van der Waals surface area contributed by atoms with Crippen LogP contribution in [0.3, 0.4) is 0 Å². The van der Waals surface area contributed by atoms with Gasteiger partial charge in [-0.05, 0) is 58.6 Å². The Morgan fingerprint density at radius 1 is 1.33 bits per heavy atom. The van der Waals surface area contributed by atoms with E-state index in [9.17, 15) is 4.79 Å². The predicted molar refractivity (Wildman–Crippen MR) is 116 cm³/mol. The highest BCUT2D eigenvalue weighted by molar-refractivity contribution is 7.19. The van der Waals surface area contributed by atoms with Crippen LogP contribution in [0.2, 0.25) is 5.02 Å². The highest BCUT2D eigenvalue weighted by Crippen LogP contribution is 2.38. The molecule has 136 valence electrons. The summed E-state index contributed by atoms with van der Waals surface area (Å²) in [7, 11) is 3.73. The average molecular weight is 396 g/mol. The smallest absolute Gasteiger partial charge is 0.231 e. The third-order valence-corrected chi connectivity index (χ3v) is 6.63. The van der Waals surface area contributed by atoms with Crippen molar-refractivity contribution in [1.82, 2.24) is 10.2 Å². The number of rotatable bonds is 2. The summed E-state index contributed by atoms with van der Waals surface area (Å²) >= 11 is 7.95. The van der Waals surface area contributed by atoms with Crippen molar-refractivity contribution < 1.29 is 4.79 Å². The number of fused-ring (bicyclic) bond motifs is 1. The van der Waals surface area contributed by atoms with Gasteiger partial charge in [0, 0.05) is 16.8 Å². The molecule has 2 heterocycles. The first-order valence-corrected chi connectivity index (χ1v) is 9.96. The molecule has 0 radical (unpaired) electrons. The molecule has 4 nitrogen and oxygen atoms in total. The van der Waals surface area contributed by atoms with E-state index in [1.165, 1.54) is 20.4 Å². The first-order chi connectivity index (χ1) is 12.8. The fraction of sp³-hybridized carbons (Fsp3) is 0.200. The van der Waals surface area contributed by atoms with Crippen LogP contribution in [0.15, 0.2) is 41.8 Å². The molecule has 0 bridgehead atoms. The molecule has 7 heteroatoms. The lowest BCUT2D eigenvalue weighted by atomic mass is 9.82. The van der Waals surface area contributed by atoms with Crippen molar-refractivity contribution in [2.45, 2.75) is 18.9 Å². The lowest BCUT2D eigenvalue weighted by molar-refractivity contribution is -0.129. The summed E-state index contributed by atoms with van der Waals surface area (Å²) in [5, 5.41) is 15.4. The Kier molecular flexibility index (Phi) is 4.28. The van der Waals surface area contributed by atoms with E-state index in [1.54, 1.807) is 18.4 Å². The second-order valence-corrected chi connectivity index (χ2v) is 8.58. The third kappa shape index (κ3) is 3.03. The van der Waals surface area contributed by atoms with Crippen LogP contribution in [-0.4, -0.2) is 31.7 Å². The predicted octanol–water partition coefficient (Wildman–Crippen LogP) is 3.08. The molecule has 1 amide bonds. The van der Waals surface area contributed by atoms with Gasteiger partial charge in [-0.25, -0.2) is 0 Å². The minimum atomic E-state index is -0.628. The van der Waals surface area contributed by atoms with Gasteiger partial charge in [-0.2, -0.15) is 0 Å². The lowest BCUT2D eigenvalue weighted by Gasteiger charge is -2.40. The largest absolute Gasteiger partial charge is 0.346 e. The molecule has 2 aromatic carbocycles. The molecule has 1 aromatic heterocycles. The minimum Gasteiger partial charge on any atom is -0.346 e. The van der Waals surface area contributed by atoms with Crippen molar-refractivity contribution in [3.63, 3.8) is 0 Å².